The van der Waals surface area contributed by atoms with Crippen molar-refractivity contribution in [2.75, 3.05) is 20.1 Å². The van der Waals surface area contributed by atoms with Crippen LogP contribution >= 0.6 is 0 Å². The number of benzene rings is 2. The molecule has 0 unspecified atom stereocenters. The summed E-state index contributed by atoms with van der Waals surface area (Å²) in [6, 6.07) is 7.85. The van der Waals surface area contributed by atoms with Crippen LogP contribution in [-0.4, -0.2) is 47.3 Å². The van der Waals surface area contributed by atoms with Crippen molar-refractivity contribution in [2.24, 2.45) is 5.92 Å². The summed E-state index contributed by atoms with van der Waals surface area (Å²) < 4.78 is 41.9. The highest BCUT2D eigenvalue weighted by Crippen LogP contribution is 2.48. The van der Waals surface area contributed by atoms with Gasteiger partial charge in [-0.15, -0.1) is 0 Å². The number of aliphatic hydroxyl groups excluding tert-OH is 1. The van der Waals surface area contributed by atoms with E-state index in [1.807, 2.05) is 0 Å². The molecule has 2 amide bonds. The fraction of sp³-hybridized carbons (Fsp3) is 0.375. The molecule has 4 rings (SSSR count). The third kappa shape index (κ3) is 4.46. The predicted molar refractivity (Wildman–Crippen MR) is 117 cm³/mol. The van der Waals surface area contributed by atoms with Gasteiger partial charge in [-0.05, 0) is 73.1 Å². The number of carbonyl (C=O) groups is 1. The van der Waals surface area contributed by atoms with Gasteiger partial charge in [-0.2, -0.15) is 0 Å². The number of carbonyl (C=O) groups excluding carboxylic acids is 1. The third-order valence-corrected chi connectivity index (χ3v) is 6.07. The summed E-state index contributed by atoms with van der Waals surface area (Å²) in [5.74, 6) is -1.38. The molecule has 0 spiro atoms. The first kappa shape index (κ1) is 22.2. The van der Waals surface area contributed by atoms with Crippen molar-refractivity contribution in [2.45, 2.75) is 31.8 Å². The van der Waals surface area contributed by atoms with Gasteiger partial charge < -0.3 is 20.3 Å². The fourth-order valence-electron chi connectivity index (χ4n) is 4.47. The first-order valence-electron chi connectivity index (χ1n) is 10.7. The van der Waals surface area contributed by atoms with Gasteiger partial charge in [0, 0.05) is 31.6 Å². The van der Waals surface area contributed by atoms with Crippen LogP contribution in [0.1, 0.15) is 31.2 Å². The number of aliphatic hydroxyl groups is 1. The van der Waals surface area contributed by atoms with E-state index in [-0.39, 0.29) is 35.7 Å². The van der Waals surface area contributed by atoms with Gasteiger partial charge in [-0.1, -0.05) is 0 Å². The van der Waals surface area contributed by atoms with Crippen molar-refractivity contribution in [3.8, 4) is 11.3 Å². The zero-order valence-electron chi connectivity index (χ0n) is 18.0. The van der Waals surface area contributed by atoms with Crippen molar-refractivity contribution in [1.82, 2.24) is 15.2 Å². The Balaban J connectivity index is 1.56. The molecule has 0 saturated heterocycles. The number of aromatic amines is 1. The highest BCUT2D eigenvalue weighted by Gasteiger charge is 2.35. The van der Waals surface area contributed by atoms with Crippen LogP contribution in [0.4, 0.5) is 18.0 Å². The number of hydrogen-bond donors (Lipinski definition) is 3. The van der Waals surface area contributed by atoms with Gasteiger partial charge in [0.2, 0.25) is 0 Å². The quantitative estimate of drug-likeness (QED) is 0.512. The van der Waals surface area contributed by atoms with Crippen LogP contribution in [0.15, 0.2) is 36.4 Å². The van der Waals surface area contributed by atoms with Gasteiger partial charge >= 0.3 is 6.03 Å². The van der Waals surface area contributed by atoms with Gasteiger partial charge in [-0.25, -0.2) is 18.0 Å². The van der Waals surface area contributed by atoms with Crippen LogP contribution < -0.4 is 5.32 Å². The number of urea groups is 1. The number of fused-ring (bicyclic) bond motifs is 1. The van der Waals surface area contributed by atoms with Crippen molar-refractivity contribution in [3.05, 3.63) is 59.4 Å². The molecule has 3 N–H and O–H groups in total. The average Bonchev–Trinajstić information content (AvgIpc) is 3.08. The SMILES string of the molecule is C[C@H](O)CNC(=O)N(C)CC1CC(c2c(-c3ccc(F)cc3)[nH]c3c(F)cc(F)cc23)C1. The van der Waals surface area contributed by atoms with E-state index in [9.17, 15) is 23.1 Å². The number of hydrogen-bond acceptors (Lipinski definition) is 2. The molecule has 170 valence electrons. The predicted octanol–water partition coefficient (Wildman–Crippen LogP) is 4.77. The lowest BCUT2D eigenvalue weighted by atomic mass is 9.70. The summed E-state index contributed by atoms with van der Waals surface area (Å²) in [6.45, 7) is 2.32. The molecule has 5 nitrogen and oxygen atoms in total. The van der Waals surface area contributed by atoms with Crippen LogP contribution in [0.3, 0.4) is 0 Å². The number of aromatic nitrogens is 1. The van der Waals surface area contributed by atoms with Crippen molar-refractivity contribution < 1.29 is 23.1 Å². The van der Waals surface area contributed by atoms with Crippen molar-refractivity contribution in [1.29, 1.82) is 0 Å². The Hall–Kier alpha value is -3.00. The molecule has 1 saturated carbocycles. The number of H-pyrrole nitrogens is 1. The molecule has 1 fully saturated rings. The molecule has 2 aromatic carbocycles. The summed E-state index contributed by atoms with van der Waals surface area (Å²) in [6.07, 6.45) is 0.897. The molecule has 1 aromatic heterocycles. The van der Waals surface area contributed by atoms with Crippen molar-refractivity contribution >= 4 is 16.9 Å². The van der Waals surface area contributed by atoms with E-state index in [4.69, 9.17) is 0 Å². The Kier molecular flexibility index (Phi) is 6.15. The van der Waals surface area contributed by atoms with Gasteiger partial charge in [0.05, 0.1) is 17.3 Å². The zero-order chi connectivity index (χ0) is 23.0. The Labute approximate surface area is 184 Å². The van der Waals surface area contributed by atoms with Crippen LogP contribution in [-0.2, 0) is 0 Å². The number of halogens is 3. The lowest BCUT2D eigenvalue weighted by Gasteiger charge is -2.38. The summed E-state index contributed by atoms with van der Waals surface area (Å²) in [5.41, 5.74) is 2.42. The molecule has 3 aromatic rings. The average molecular weight is 445 g/mol. The number of amides is 2. The molecule has 8 heteroatoms. The Morgan fingerprint density at radius 1 is 1.19 bits per heavy atom. The molecule has 0 radical (unpaired) electrons. The van der Waals surface area contributed by atoms with Crippen LogP contribution in [0.2, 0.25) is 0 Å². The number of nitrogens with one attached hydrogen (secondary N) is 2. The third-order valence-electron chi connectivity index (χ3n) is 6.07. The molecule has 1 aliphatic rings. The second-order valence-corrected chi connectivity index (χ2v) is 8.68. The normalized spacial score (nSPS) is 18.9. The molecule has 0 aliphatic heterocycles. The largest absolute Gasteiger partial charge is 0.392 e. The maximum absolute atomic E-state index is 14.5. The van der Waals surface area contributed by atoms with Gasteiger partial charge in [0.25, 0.3) is 0 Å². The monoisotopic (exact) mass is 445 g/mol. The minimum absolute atomic E-state index is 0.0592. The Bertz CT molecular complexity index is 1120. The van der Waals surface area contributed by atoms with Crippen molar-refractivity contribution in [3.63, 3.8) is 0 Å². The summed E-state index contributed by atoms with van der Waals surface area (Å²) >= 11 is 0. The van der Waals surface area contributed by atoms with E-state index in [2.05, 4.69) is 10.3 Å². The number of rotatable bonds is 6. The number of nitrogens with zero attached hydrogens (tertiary/aromatic N) is 1. The second-order valence-electron chi connectivity index (χ2n) is 8.68. The van der Waals surface area contributed by atoms with E-state index in [0.29, 0.717) is 23.2 Å². The summed E-state index contributed by atoms with van der Waals surface area (Å²) in [7, 11) is 1.70. The second kappa shape index (κ2) is 8.86. The lowest BCUT2D eigenvalue weighted by Crippen LogP contribution is -2.44. The molecule has 32 heavy (non-hydrogen) atoms. The molecule has 1 aliphatic carbocycles. The highest BCUT2D eigenvalue weighted by atomic mass is 19.1. The fourth-order valence-corrected chi connectivity index (χ4v) is 4.47. The highest BCUT2D eigenvalue weighted by molar-refractivity contribution is 5.92. The van der Waals surface area contributed by atoms with E-state index in [1.54, 1.807) is 31.0 Å². The van der Waals surface area contributed by atoms with E-state index in [0.717, 1.165) is 24.5 Å². The van der Waals surface area contributed by atoms with Crippen LogP contribution in [0.5, 0.6) is 0 Å². The topological polar surface area (TPSA) is 68.4 Å². The first-order chi connectivity index (χ1) is 15.2. The maximum atomic E-state index is 14.5. The first-order valence-corrected chi connectivity index (χ1v) is 10.7. The molecule has 1 heterocycles. The van der Waals surface area contributed by atoms with Crippen LogP contribution in [0.25, 0.3) is 22.2 Å². The van der Waals surface area contributed by atoms with E-state index >= 15 is 0 Å². The minimum Gasteiger partial charge on any atom is -0.392 e. The Morgan fingerprint density at radius 3 is 2.53 bits per heavy atom. The van der Waals surface area contributed by atoms with Gasteiger partial charge in [0.1, 0.15) is 17.5 Å². The lowest BCUT2D eigenvalue weighted by molar-refractivity contribution is 0.159. The summed E-state index contributed by atoms with van der Waals surface area (Å²) in [5, 5.41) is 12.5. The minimum atomic E-state index is -0.667. The molecule has 0 bridgehead atoms. The molecular weight excluding hydrogens is 419 g/mol. The van der Waals surface area contributed by atoms with E-state index < -0.39 is 17.7 Å². The zero-order valence-corrected chi connectivity index (χ0v) is 18.0. The molecular formula is C24H26F3N3O2. The van der Waals surface area contributed by atoms with Crippen LogP contribution in [0, 0.1) is 23.4 Å². The molecule has 1 atom stereocenters. The Morgan fingerprint density at radius 2 is 1.88 bits per heavy atom. The maximum Gasteiger partial charge on any atom is 0.317 e. The van der Waals surface area contributed by atoms with Gasteiger partial charge in [-0.3, -0.25) is 0 Å². The summed E-state index contributed by atoms with van der Waals surface area (Å²) in [4.78, 5) is 16.8. The van der Waals surface area contributed by atoms with E-state index in [1.165, 1.54) is 18.2 Å². The smallest absolute Gasteiger partial charge is 0.317 e. The van der Waals surface area contributed by atoms with Gasteiger partial charge in [0.15, 0.2) is 0 Å². The standard InChI is InChI=1S/C24H26F3N3O2/c1-13(31)11-28-24(32)30(2)12-14-7-16(8-14)21-19-9-18(26)10-20(27)23(19)29-22(21)15-3-5-17(25)6-4-15/h3-6,9-10,13-14,16,29,31H,7-8,11-12H2,1-2H3,(H,28,32)/t13-,14?,16?/m0/s1.